The highest BCUT2D eigenvalue weighted by atomic mass is 31.2. The van der Waals surface area contributed by atoms with E-state index in [2.05, 4.69) is 0 Å². The van der Waals surface area contributed by atoms with Gasteiger partial charge in [-0.25, -0.2) is 4.67 Å². The minimum atomic E-state index is -3.24. The molecule has 0 bridgehead atoms. The van der Waals surface area contributed by atoms with Crippen LogP contribution in [0.1, 0.15) is 52.4 Å². The lowest BCUT2D eigenvalue weighted by molar-refractivity contribution is 0.229. The minimum absolute atomic E-state index is 0.450. The maximum atomic E-state index is 12.3. The summed E-state index contributed by atoms with van der Waals surface area (Å²) in [6, 6.07) is 0. The second kappa shape index (κ2) is 7.94. The van der Waals surface area contributed by atoms with Crippen molar-refractivity contribution in [3.63, 3.8) is 0 Å². The number of nitriles is 1. The van der Waals surface area contributed by atoms with E-state index in [1.165, 1.54) is 32.1 Å². The van der Waals surface area contributed by atoms with Gasteiger partial charge in [-0.05, 0) is 12.3 Å². The number of hydrogen-bond donors (Lipinski definition) is 0. The first-order valence-electron chi connectivity index (χ1n) is 7.07. The van der Waals surface area contributed by atoms with Crippen LogP contribution in [-0.4, -0.2) is 24.4 Å². The summed E-state index contributed by atoms with van der Waals surface area (Å²) in [5.74, 6) is 2.57. The molecular weight excluding hydrogens is 247 g/mol. The van der Waals surface area contributed by atoms with Crippen LogP contribution < -0.4 is 0 Å². The standard InChI is InChI=1S/C13H25N2O2P/c1-3-15(4-2)18(16,12-14)17-11-10-13-8-6-5-7-9-13/h13H,3-11H2,1-2H3. The lowest BCUT2D eigenvalue weighted by atomic mass is 9.87. The molecule has 0 N–H and O–H groups in total. The molecule has 1 aliphatic carbocycles. The Bertz CT molecular complexity index is 317. The first-order chi connectivity index (χ1) is 8.66. The molecule has 1 atom stereocenters. The number of rotatable bonds is 7. The van der Waals surface area contributed by atoms with Crippen LogP contribution in [0, 0.1) is 17.0 Å². The van der Waals surface area contributed by atoms with E-state index in [4.69, 9.17) is 9.79 Å². The molecule has 18 heavy (non-hydrogen) atoms. The van der Waals surface area contributed by atoms with Crippen molar-refractivity contribution < 1.29 is 9.09 Å². The molecule has 1 aliphatic rings. The maximum Gasteiger partial charge on any atom is 0.371 e. The lowest BCUT2D eigenvalue weighted by Crippen LogP contribution is -2.21. The van der Waals surface area contributed by atoms with Crippen LogP contribution in [0.3, 0.4) is 0 Å². The van der Waals surface area contributed by atoms with E-state index >= 15 is 0 Å². The van der Waals surface area contributed by atoms with Gasteiger partial charge in [-0.3, -0.25) is 4.57 Å². The molecule has 0 spiro atoms. The topological polar surface area (TPSA) is 53.3 Å². The smallest absolute Gasteiger partial charge is 0.307 e. The van der Waals surface area contributed by atoms with Gasteiger partial charge in [0.15, 0.2) is 5.81 Å². The summed E-state index contributed by atoms with van der Waals surface area (Å²) in [4.78, 5) is 0. The summed E-state index contributed by atoms with van der Waals surface area (Å²) in [7, 11) is -3.24. The third kappa shape index (κ3) is 4.39. The molecule has 104 valence electrons. The van der Waals surface area contributed by atoms with Gasteiger partial charge in [0.05, 0.1) is 6.61 Å². The van der Waals surface area contributed by atoms with Crippen LogP contribution >= 0.6 is 7.52 Å². The van der Waals surface area contributed by atoms with Crippen LogP contribution in [0.5, 0.6) is 0 Å². The zero-order valence-corrected chi connectivity index (χ0v) is 12.5. The van der Waals surface area contributed by atoms with Crippen molar-refractivity contribution in [3.8, 4) is 5.81 Å². The summed E-state index contributed by atoms with van der Waals surface area (Å²) in [6.45, 7) is 5.43. The fourth-order valence-corrected chi connectivity index (χ4v) is 4.03. The molecular formula is C13H25N2O2P. The van der Waals surface area contributed by atoms with Crippen molar-refractivity contribution in [2.75, 3.05) is 19.7 Å². The highest BCUT2D eigenvalue weighted by molar-refractivity contribution is 7.61. The SMILES string of the molecule is CCN(CC)P(=O)(C#N)OCCC1CCCCC1. The van der Waals surface area contributed by atoms with Gasteiger partial charge in [-0.15, -0.1) is 0 Å². The van der Waals surface area contributed by atoms with Gasteiger partial charge < -0.3 is 4.52 Å². The van der Waals surface area contributed by atoms with E-state index in [0.717, 1.165) is 6.42 Å². The molecule has 0 aromatic carbocycles. The Balaban J connectivity index is 2.39. The Kier molecular flexibility index (Phi) is 6.92. The van der Waals surface area contributed by atoms with Gasteiger partial charge in [0.25, 0.3) is 0 Å². The normalized spacial score (nSPS) is 20.6. The third-order valence-electron chi connectivity index (χ3n) is 3.75. The Morgan fingerprint density at radius 2 is 1.89 bits per heavy atom. The van der Waals surface area contributed by atoms with Crippen LogP contribution in [0.2, 0.25) is 0 Å². The first-order valence-corrected chi connectivity index (χ1v) is 8.65. The molecule has 0 radical (unpaired) electrons. The quantitative estimate of drug-likeness (QED) is 0.657. The summed E-state index contributed by atoms with van der Waals surface area (Å²) in [6.07, 6.45) is 7.39. The molecule has 1 saturated carbocycles. The van der Waals surface area contributed by atoms with E-state index in [1.807, 2.05) is 19.7 Å². The van der Waals surface area contributed by atoms with Gasteiger partial charge in [-0.1, -0.05) is 46.0 Å². The predicted octanol–water partition coefficient (Wildman–Crippen LogP) is 3.99. The van der Waals surface area contributed by atoms with E-state index in [9.17, 15) is 4.57 Å². The molecule has 0 amide bonds. The largest absolute Gasteiger partial charge is 0.371 e. The molecule has 0 heterocycles. The van der Waals surface area contributed by atoms with Gasteiger partial charge in [0.2, 0.25) is 0 Å². The Hall–Kier alpha value is -0.360. The number of nitrogens with zero attached hydrogens (tertiary/aromatic N) is 2. The van der Waals surface area contributed by atoms with Crippen molar-refractivity contribution in [2.45, 2.75) is 52.4 Å². The monoisotopic (exact) mass is 272 g/mol. The molecule has 5 heteroatoms. The van der Waals surface area contributed by atoms with Crippen molar-refractivity contribution in [2.24, 2.45) is 5.92 Å². The summed E-state index contributed by atoms with van der Waals surface area (Å²) in [5, 5.41) is 9.08. The van der Waals surface area contributed by atoms with E-state index < -0.39 is 7.52 Å². The number of hydrogen-bond acceptors (Lipinski definition) is 3. The Morgan fingerprint density at radius 3 is 2.39 bits per heavy atom. The Morgan fingerprint density at radius 1 is 1.28 bits per heavy atom. The van der Waals surface area contributed by atoms with Crippen molar-refractivity contribution in [1.82, 2.24) is 4.67 Å². The van der Waals surface area contributed by atoms with Crippen molar-refractivity contribution in [3.05, 3.63) is 0 Å². The first kappa shape index (κ1) is 15.7. The molecule has 0 aromatic heterocycles. The van der Waals surface area contributed by atoms with E-state index in [0.29, 0.717) is 25.6 Å². The van der Waals surface area contributed by atoms with Gasteiger partial charge in [-0.2, -0.15) is 5.26 Å². The second-order valence-corrected chi connectivity index (χ2v) is 6.95. The van der Waals surface area contributed by atoms with E-state index in [1.54, 1.807) is 4.67 Å². The average Bonchev–Trinajstić information content (AvgIpc) is 2.41. The predicted molar refractivity (Wildman–Crippen MR) is 73.3 cm³/mol. The molecule has 0 saturated heterocycles. The average molecular weight is 272 g/mol. The second-order valence-electron chi connectivity index (χ2n) is 4.89. The van der Waals surface area contributed by atoms with Gasteiger partial charge in [0, 0.05) is 13.1 Å². The fourth-order valence-electron chi connectivity index (χ4n) is 2.59. The molecule has 1 unspecified atom stereocenters. The van der Waals surface area contributed by atoms with Crippen molar-refractivity contribution in [1.29, 1.82) is 5.26 Å². The van der Waals surface area contributed by atoms with Crippen LogP contribution in [-0.2, 0) is 9.09 Å². The third-order valence-corrected chi connectivity index (χ3v) is 5.84. The van der Waals surface area contributed by atoms with Gasteiger partial charge >= 0.3 is 7.52 Å². The van der Waals surface area contributed by atoms with Crippen LogP contribution in [0.15, 0.2) is 0 Å². The lowest BCUT2D eigenvalue weighted by Gasteiger charge is -2.25. The van der Waals surface area contributed by atoms with Crippen molar-refractivity contribution >= 4 is 7.52 Å². The van der Waals surface area contributed by atoms with Crippen LogP contribution in [0.4, 0.5) is 0 Å². The summed E-state index contributed by atoms with van der Waals surface area (Å²) >= 11 is 0. The minimum Gasteiger partial charge on any atom is -0.307 e. The Labute approximate surface area is 111 Å². The van der Waals surface area contributed by atoms with Crippen LogP contribution in [0.25, 0.3) is 0 Å². The molecule has 4 nitrogen and oxygen atoms in total. The highest BCUT2D eigenvalue weighted by Crippen LogP contribution is 2.49. The zero-order chi connectivity index (χ0) is 13.4. The zero-order valence-electron chi connectivity index (χ0n) is 11.6. The molecule has 0 aliphatic heterocycles. The summed E-state index contributed by atoms with van der Waals surface area (Å²) in [5.41, 5.74) is 0. The maximum absolute atomic E-state index is 12.3. The van der Waals surface area contributed by atoms with E-state index in [-0.39, 0.29) is 0 Å². The fraction of sp³-hybridized carbons (Fsp3) is 0.923. The summed E-state index contributed by atoms with van der Waals surface area (Å²) < 4.78 is 19.4. The molecule has 0 aromatic rings. The highest BCUT2D eigenvalue weighted by Gasteiger charge is 2.30. The van der Waals surface area contributed by atoms with Gasteiger partial charge in [0.1, 0.15) is 0 Å². The molecule has 1 rings (SSSR count). The molecule has 1 fully saturated rings.